The molecule has 1 aromatic heterocycles. The van der Waals surface area contributed by atoms with E-state index >= 15 is 0 Å². The Bertz CT molecular complexity index is 696. The maximum absolute atomic E-state index is 11.8. The van der Waals surface area contributed by atoms with Crippen molar-refractivity contribution in [3.05, 3.63) is 24.3 Å². The molecular weight excluding hydrogens is 300 g/mol. The standard InChI is InChI=1S/C15H20N4O2S/c1-9(2)8-19-12-7-5-4-6-11(12)17-15(19)22-10(3)13(20)18-14(16)21/h4-7,9-10H,8H2,1-3H3,(H3,16,18,20,21). The monoisotopic (exact) mass is 320 g/mol. The molecule has 0 aliphatic carbocycles. The lowest BCUT2D eigenvalue weighted by atomic mass is 10.2. The minimum Gasteiger partial charge on any atom is -0.351 e. The molecular formula is C15H20N4O2S. The van der Waals surface area contributed by atoms with Crippen LogP contribution in [0.25, 0.3) is 11.0 Å². The minimum absolute atomic E-state index is 0.416. The summed E-state index contributed by atoms with van der Waals surface area (Å²) in [5, 5.41) is 2.40. The highest BCUT2D eigenvalue weighted by Crippen LogP contribution is 2.28. The molecule has 2 aromatic rings. The molecule has 0 saturated carbocycles. The van der Waals surface area contributed by atoms with Gasteiger partial charge in [-0.3, -0.25) is 10.1 Å². The van der Waals surface area contributed by atoms with E-state index in [-0.39, 0.29) is 0 Å². The molecule has 7 heteroatoms. The molecule has 0 aliphatic rings. The number of benzene rings is 1. The van der Waals surface area contributed by atoms with Crippen LogP contribution in [0, 0.1) is 5.92 Å². The lowest BCUT2D eigenvalue weighted by Gasteiger charge is -2.14. The molecule has 22 heavy (non-hydrogen) atoms. The van der Waals surface area contributed by atoms with E-state index in [0.29, 0.717) is 5.92 Å². The molecule has 118 valence electrons. The second-order valence-electron chi connectivity index (χ2n) is 5.50. The van der Waals surface area contributed by atoms with Crippen LogP contribution in [-0.2, 0) is 11.3 Å². The third-order valence-corrected chi connectivity index (χ3v) is 4.16. The maximum atomic E-state index is 11.8. The van der Waals surface area contributed by atoms with E-state index in [1.54, 1.807) is 6.92 Å². The van der Waals surface area contributed by atoms with Crippen LogP contribution in [0.1, 0.15) is 20.8 Å². The SMILES string of the molecule is CC(C)Cn1c(SC(C)C(=O)NC(N)=O)nc2ccccc21. The first kappa shape index (κ1) is 16.4. The van der Waals surface area contributed by atoms with E-state index in [1.165, 1.54) is 11.8 Å². The summed E-state index contributed by atoms with van der Waals surface area (Å²) in [6.07, 6.45) is 0. The van der Waals surface area contributed by atoms with Crippen molar-refractivity contribution in [3.63, 3.8) is 0 Å². The molecule has 0 radical (unpaired) electrons. The fourth-order valence-corrected chi connectivity index (χ4v) is 3.05. The summed E-state index contributed by atoms with van der Waals surface area (Å²) in [7, 11) is 0. The number of carbonyl (C=O) groups is 2. The average molecular weight is 320 g/mol. The van der Waals surface area contributed by atoms with Crippen LogP contribution in [0.15, 0.2) is 29.4 Å². The van der Waals surface area contributed by atoms with E-state index in [4.69, 9.17) is 5.73 Å². The number of fused-ring (bicyclic) bond motifs is 1. The number of thioether (sulfide) groups is 1. The van der Waals surface area contributed by atoms with Gasteiger partial charge in [0.1, 0.15) is 0 Å². The van der Waals surface area contributed by atoms with E-state index in [0.717, 1.165) is 22.7 Å². The van der Waals surface area contributed by atoms with Gasteiger partial charge in [0.15, 0.2) is 5.16 Å². The molecule has 0 bridgehead atoms. The predicted octanol–water partition coefficient (Wildman–Crippen LogP) is 2.37. The third kappa shape index (κ3) is 3.79. The quantitative estimate of drug-likeness (QED) is 0.828. The largest absolute Gasteiger partial charge is 0.351 e. The Hall–Kier alpha value is -2.02. The van der Waals surface area contributed by atoms with Crippen LogP contribution in [0.4, 0.5) is 4.79 Å². The number of aromatic nitrogens is 2. The zero-order chi connectivity index (χ0) is 16.3. The summed E-state index contributed by atoms with van der Waals surface area (Å²) in [5.74, 6) is 0.0346. The van der Waals surface area contributed by atoms with Gasteiger partial charge in [-0.15, -0.1) is 0 Å². The van der Waals surface area contributed by atoms with Crippen LogP contribution in [0.5, 0.6) is 0 Å². The fourth-order valence-electron chi connectivity index (χ4n) is 2.12. The number of hydrogen-bond acceptors (Lipinski definition) is 4. The van der Waals surface area contributed by atoms with Crippen molar-refractivity contribution in [2.24, 2.45) is 11.7 Å². The van der Waals surface area contributed by atoms with Crippen molar-refractivity contribution in [1.29, 1.82) is 0 Å². The molecule has 6 nitrogen and oxygen atoms in total. The van der Waals surface area contributed by atoms with Gasteiger partial charge in [0.2, 0.25) is 5.91 Å². The number of primary amides is 1. The zero-order valence-electron chi connectivity index (χ0n) is 12.9. The van der Waals surface area contributed by atoms with Gasteiger partial charge in [0.05, 0.1) is 16.3 Å². The van der Waals surface area contributed by atoms with Gasteiger partial charge in [0.25, 0.3) is 0 Å². The molecule has 0 saturated heterocycles. The normalized spacial score (nSPS) is 12.5. The summed E-state index contributed by atoms with van der Waals surface area (Å²) in [6, 6.07) is 7.03. The number of rotatable bonds is 5. The molecule has 1 atom stereocenters. The first-order valence-electron chi connectivity index (χ1n) is 7.10. The summed E-state index contributed by atoms with van der Waals surface area (Å²) in [6.45, 7) is 6.80. The van der Waals surface area contributed by atoms with E-state index < -0.39 is 17.2 Å². The predicted molar refractivity (Wildman–Crippen MR) is 87.6 cm³/mol. The Kier molecular flexibility index (Phi) is 5.07. The van der Waals surface area contributed by atoms with E-state index in [2.05, 4.69) is 28.7 Å². The van der Waals surface area contributed by atoms with Gasteiger partial charge in [-0.25, -0.2) is 9.78 Å². The van der Waals surface area contributed by atoms with Crippen molar-refractivity contribution in [2.75, 3.05) is 0 Å². The number of amides is 3. The number of hydrogen-bond donors (Lipinski definition) is 2. The maximum Gasteiger partial charge on any atom is 0.318 e. The summed E-state index contributed by atoms with van der Waals surface area (Å²) >= 11 is 1.32. The fraction of sp³-hybridized carbons (Fsp3) is 0.400. The lowest BCUT2D eigenvalue weighted by molar-refractivity contribution is -0.119. The summed E-state index contributed by atoms with van der Waals surface area (Å²) < 4.78 is 2.11. The van der Waals surface area contributed by atoms with E-state index in [1.807, 2.05) is 24.3 Å². The minimum atomic E-state index is -0.840. The van der Waals surface area contributed by atoms with Crippen LogP contribution < -0.4 is 11.1 Å². The first-order chi connectivity index (χ1) is 10.4. The number of nitrogens with zero attached hydrogens (tertiary/aromatic N) is 2. The van der Waals surface area contributed by atoms with Crippen LogP contribution in [-0.4, -0.2) is 26.7 Å². The van der Waals surface area contributed by atoms with Gasteiger partial charge >= 0.3 is 6.03 Å². The molecule has 3 N–H and O–H groups in total. The van der Waals surface area contributed by atoms with Crippen molar-refractivity contribution in [1.82, 2.24) is 14.9 Å². The van der Waals surface area contributed by atoms with Crippen LogP contribution in [0.3, 0.4) is 0 Å². The van der Waals surface area contributed by atoms with Gasteiger partial charge in [0, 0.05) is 6.54 Å². The van der Waals surface area contributed by atoms with Gasteiger partial charge in [-0.1, -0.05) is 37.7 Å². The third-order valence-electron chi connectivity index (χ3n) is 3.07. The zero-order valence-corrected chi connectivity index (χ0v) is 13.7. The Balaban J connectivity index is 2.29. The van der Waals surface area contributed by atoms with E-state index in [9.17, 15) is 9.59 Å². The Morgan fingerprint density at radius 1 is 1.32 bits per heavy atom. The average Bonchev–Trinajstić information content (AvgIpc) is 2.75. The second kappa shape index (κ2) is 6.83. The highest BCUT2D eigenvalue weighted by Gasteiger charge is 2.20. The number of carbonyl (C=O) groups excluding carboxylic acids is 2. The molecule has 3 amide bonds. The molecule has 1 unspecified atom stereocenters. The Morgan fingerprint density at radius 3 is 2.64 bits per heavy atom. The number of imidazole rings is 1. The lowest BCUT2D eigenvalue weighted by Crippen LogP contribution is -2.39. The molecule has 0 fully saturated rings. The van der Waals surface area contributed by atoms with Gasteiger partial charge in [-0.05, 0) is 25.0 Å². The van der Waals surface area contributed by atoms with Gasteiger partial charge in [-0.2, -0.15) is 0 Å². The number of para-hydroxylation sites is 2. The summed E-state index contributed by atoms with van der Waals surface area (Å²) in [4.78, 5) is 27.2. The first-order valence-corrected chi connectivity index (χ1v) is 7.98. The molecule has 2 rings (SSSR count). The van der Waals surface area contributed by atoms with Crippen molar-refractivity contribution >= 4 is 34.7 Å². The smallest absolute Gasteiger partial charge is 0.318 e. The van der Waals surface area contributed by atoms with Gasteiger partial charge < -0.3 is 10.3 Å². The molecule has 0 spiro atoms. The van der Waals surface area contributed by atoms with Crippen LogP contribution in [0.2, 0.25) is 0 Å². The molecule has 0 aliphatic heterocycles. The Morgan fingerprint density at radius 2 is 2.00 bits per heavy atom. The number of nitrogens with two attached hydrogens (primary N) is 1. The van der Waals surface area contributed by atoms with Crippen molar-refractivity contribution in [3.8, 4) is 0 Å². The summed E-state index contributed by atoms with van der Waals surface area (Å²) in [5.41, 5.74) is 6.92. The second-order valence-corrected chi connectivity index (χ2v) is 6.81. The van der Waals surface area contributed by atoms with Crippen LogP contribution >= 0.6 is 11.8 Å². The number of nitrogens with one attached hydrogen (secondary N) is 1. The van der Waals surface area contributed by atoms with Crippen molar-refractivity contribution in [2.45, 2.75) is 37.7 Å². The molecule has 1 heterocycles. The Labute approximate surface area is 133 Å². The number of urea groups is 1. The highest BCUT2D eigenvalue weighted by molar-refractivity contribution is 8.00. The van der Waals surface area contributed by atoms with Crippen molar-refractivity contribution < 1.29 is 9.59 Å². The highest BCUT2D eigenvalue weighted by atomic mass is 32.2. The topological polar surface area (TPSA) is 90.0 Å². The molecule has 1 aromatic carbocycles. The number of imide groups is 1.